The number of likely N-dealkylation sites (tertiary alicyclic amines) is 1. The van der Waals surface area contributed by atoms with Crippen LogP contribution in [0.2, 0.25) is 0 Å². The van der Waals surface area contributed by atoms with E-state index in [9.17, 15) is 5.11 Å². The van der Waals surface area contributed by atoms with E-state index in [1.807, 2.05) is 0 Å². The van der Waals surface area contributed by atoms with Gasteiger partial charge in [0.1, 0.15) is 0 Å². The van der Waals surface area contributed by atoms with Crippen molar-refractivity contribution >= 4 is 0 Å². The van der Waals surface area contributed by atoms with Gasteiger partial charge in [0, 0.05) is 12.6 Å². The Kier molecular flexibility index (Phi) is 3.92. The summed E-state index contributed by atoms with van der Waals surface area (Å²) in [6.07, 6.45) is 10.1. The minimum atomic E-state index is -0.348. The molecule has 2 aliphatic carbocycles. The highest BCUT2D eigenvalue weighted by Crippen LogP contribution is 2.51. The third-order valence-electron chi connectivity index (χ3n) is 6.21. The molecule has 0 radical (unpaired) electrons. The van der Waals surface area contributed by atoms with E-state index >= 15 is 0 Å². The van der Waals surface area contributed by atoms with Crippen molar-refractivity contribution in [3.05, 3.63) is 0 Å². The maximum absolute atomic E-state index is 11.0. The van der Waals surface area contributed by atoms with Gasteiger partial charge in [-0.1, -0.05) is 6.42 Å². The smallest absolute Gasteiger partial charge is 0.0663 e. The second kappa shape index (κ2) is 5.37. The molecule has 1 aliphatic heterocycles. The molecule has 0 spiro atoms. The summed E-state index contributed by atoms with van der Waals surface area (Å²) >= 11 is 0. The molecule has 3 aliphatic rings. The van der Waals surface area contributed by atoms with Gasteiger partial charge in [-0.3, -0.25) is 0 Å². The van der Waals surface area contributed by atoms with E-state index in [1.54, 1.807) is 0 Å². The quantitative estimate of drug-likeness (QED) is 0.845. The third-order valence-corrected chi connectivity index (χ3v) is 6.21. The lowest BCUT2D eigenvalue weighted by atomic mass is 9.77. The zero-order valence-corrected chi connectivity index (χ0v) is 12.8. The van der Waals surface area contributed by atoms with Crippen LogP contribution in [0, 0.1) is 17.8 Å². The molecule has 2 saturated carbocycles. The topological polar surface area (TPSA) is 23.5 Å². The molecule has 1 N–H and O–H groups in total. The van der Waals surface area contributed by atoms with Crippen molar-refractivity contribution in [1.82, 2.24) is 4.90 Å². The summed E-state index contributed by atoms with van der Waals surface area (Å²) in [5, 5.41) is 11.0. The van der Waals surface area contributed by atoms with Crippen LogP contribution < -0.4 is 0 Å². The van der Waals surface area contributed by atoms with Crippen LogP contribution in [-0.4, -0.2) is 34.7 Å². The molecule has 0 amide bonds. The highest BCUT2D eigenvalue weighted by atomic mass is 16.3. The molecule has 3 fully saturated rings. The van der Waals surface area contributed by atoms with Gasteiger partial charge in [0.05, 0.1) is 5.60 Å². The fourth-order valence-electron chi connectivity index (χ4n) is 5.03. The lowest BCUT2D eigenvalue weighted by molar-refractivity contribution is -0.00638. The van der Waals surface area contributed by atoms with E-state index in [4.69, 9.17) is 0 Å². The van der Waals surface area contributed by atoms with Crippen LogP contribution in [-0.2, 0) is 0 Å². The van der Waals surface area contributed by atoms with Crippen molar-refractivity contribution in [3.8, 4) is 0 Å². The van der Waals surface area contributed by atoms with Crippen molar-refractivity contribution in [2.75, 3.05) is 13.1 Å². The van der Waals surface area contributed by atoms with Crippen LogP contribution in [0.3, 0.4) is 0 Å². The predicted octanol–water partition coefficient (Wildman–Crippen LogP) is 3.44. The Balaban J connectivity index is 1.57. The summed E-state index contributed by atoms with van der Waals surface area (Å²) in [4.78, 5) is 2.54. The third kappa shape index (κ3) is 3.00. The van der Waals surface area contributed by atoms with Gasteiger partial charge >= 0.3 is 0 Å². The Bertz CT molecular complexity index is 316. The molecule has 2 nitrogen and oxygen atoms in total. The van der Waals surface area contributed by atoms with Crippen LogP contribution in [0.1, 0.15) is 65.2 Å². The molecule has 0 aromatic carbocycles. The summed E-state index contributed by atoms with van der Waals surface area (Å²) in [7, 11) is 0. The Labute approximate surface area is 118 Å². The molecule has 4 unspecified atom stereocenters. The molecule has 4 atom stereocenters. The maximum atomic E-state index is 11.0. The van der Waals surface area contributed by atoms with Crippen LogP contribution in [0.4, 0.5) is 0 Å². The Morgan fingerprint density at radius 3 is 2.63 bits per heavy atom. The van der Waals surface area contributed by atoms with E-state index in [0.29, 0.717) is 6.04 Å². The number of fused-ring (bicyclic) bond motifs is 2. The number of aliphatic hydroxyl groups is 1. The van der Waals surface area contributed by atoms with Gasteiger partial charge in [0.15, 0.2) is 0 Å². The Hall–Kier alpha value is -0.0800. The average molecular weight is 265 g/mol. The van der Waals surface area contributed by atoms with Crippen LogP contribution in [0.25, 0.3) is 0 Å². The molecular weight excluding hydrogens is 234 g/mol. The molecule has 110 valence electrons. The van der Waals surface area contributed by atoms with E-state index in [2.05, 4.69) is 18.7 Å². The van der Waals surface area contributed by atoms with Crippen molar-refractivity contribution in [2.45, 2.75) is 76.9 Å². The summed E-state index contributed by atoms with van der Waals surface area (Å²) < 4.78 is 0. The SMILES string of the molecule is CC(C)N1CCCC(O)(CC2CC3CCC2C3)CC1. The van der Waals surface area contributed by atoms with Crippen molar-refractivity contribution < 1.29 is 5.11 Å². The number of nitrogens with zero attached hydrogens (tertiary/aromatic N) is 1. The second-order valence-electron chi connectivity index (χ2n) is 7.85. The lowest BCUT2D eigenvalue weighted by Crippen LogP contribution is -2.36. The molecule has 19 heavy (non-hydrogen) atoms. The van der Waals surface area contributed by atoms with Crippen molar-refractivity contribution in [1.29, 1.82) is 0 Å². The second-order valence-corrected chi connectivity index (χ2v) is 7.85. The van der Waals surface area contributed by atoms with Gasteiger partial charge in [-0.25, -0.2) is 0 Å². The highest BCUT2D eigenvalue weighted by Gasteiger charge is 2.43. The van der Waals surface area contributed by atoms with E-state index in [0.717, 1.165) is 43.6 Å². The number of hydrogen-bond acceptors (Lipinski definition) is 2. The predicted molar refractivity (Wildman–Crippen MR) is 79.1 cm³/mol. The van der Waals surface area contributed by atoms with Crippen molar-refractivity contribution in [2.24, 2.45) is 17.8 Å². The molecule has 0 aromatic rings. The van der Waals surface area contributed by atoms with Gasteiger partial charge in [0.2, 0.25) is 0 Å². The monoisotopic (exact) mass is 265 g/mol. The molecule has 2 bridgehead atoms. The normalized spacial score (nSPS) is 43.9. The minimum absolute atomic E-state index is 0.348. The van der Waals surface area contributed by atoms with E-state index < -0.39 is 0 Å². The van der Waals surface area contributed by atoms with Gasteiger partial charge in [-0.05, 0) is 83.1 Å². The van der Waals surface area contributed by atoms with Crippen molar-refractivity contribution in [3.63, 3.8) is 0 Å². The Morgan fingerprint density at radius 2 is 2.00 bits per heavy atom. The van der Waals surface area contributed by atoms with Crippen LogP contribution in [0.15, 0.2) is 0 Å². The minimum Gasteiger partial charge on any atom is -0.390 e. The lowest BCUT2D eigenvalue weighted by Gasteiger charge is -2.33. The summed E-state index contributed by atoms with van der Waals surface area (Å²) in [6.45, 7) is 6.83. The first-order chi connectivity index (χ1) is 9.06. The summed E-state index contributed by atoms with van der Waals surface area (Å²) in [5.41, 5.74) is -0.348. The molecule has 1 heterocycles. The first-order valence-corrected chi connectivity index (χ1v) is 8.52. The first-order valence-electron chi connectivity index (χ1n) is 8.52. The molecule has 3 rings (SSSR count). The standard InChI is InChI=1S/C17H31NO/c1-13(2)18-8-3-6-17(19,7-9-18)12-16-11-14-4-5-15(16)10-14/h13-16,19H,3-12H2,1-2H3. The summed E-state index contributed by atoms with van der Waals surface area (Å²) in [6, 6.07) is 0.629. The largest absolute Gasteiger partial charge is 0.390 e. The Morgan fingerprint density at radius 1 is 1.16 bits per heavy atom. The zero-order chi connectivity index (χ0) is 13.5. The molecule has 2 heteroatoms. The highest BCUT2D eigenvalue weighted by molar-refractivity contribution is 4.95. The van der Waals surface area contributed by atoms with Gasteiger partial charge in [0.25, 0.3) is 0 Å². The van der Waals surface area contributed by atoms with Gasteiger partial charge in [-0.2, -0.15) is 0 Å². The number of rotatable bonds is 3. The molecular formula is C17H31NO. The first kappa shape index (κ1) is 13.9. The zero-order valence-electron chi connectivity index (χ0n) is 12.8. The van der Waals surface area contributed by atoms with Crippen LogP contribution in [0.5, 0.6) is 0 Å². The van der Waals surface area contributed by atoms with Gasteiger partial charge < -0.3 is 10.0 Å². The van der Waals surface area contributed by atoms with Crippen LogP contribution >= 0.6 is 0 Å². The fraction of sp³-hybridized carbons (Fsp3) is 1.00. The average Bonchev–Trinajstić information content (AvgIpc) is 2.89. The van der Waals surface area contributed by atoms with E-state index in [-0.39, 0.29) is 5.60 Å². The van der Waals surface area contributed by atoms with E-state index in [1.165, 1.54) is 38.6 Å². The number of hydrogen-bond donors (Lipinski definition) is 1. The maximum Gasteiger partial charge on any atom is 0.0663 e. The molecule has 1 saturated heterocycles. The fourth-order valence-corrected chi connectivity index (χ4v) is 5.03. The summed E-state index contributed by atoms with van der Waals surface area (Å²) in [5.74, 6) is 2.81. The molecule has 0 aromatic heterocycles. The van der Waals surface area contributed by atoms with Gasteiger partial charge in [-0.15, -0.1) is 0 Å².